The van der Waals surface area contributed by atoms with Gasteiger partial charge < -0.3 is 14.8 Å². The van der Waals surface area contributed by atoms with E-state index in [4.69, 9.17) is 9.47 Å². The molecule has 5 heteroatoms. The van der Waals surface area contributed by atoms with Gasteiger partial charge in [0, 0.05) is 32.2 Å². The number of amides is 1. The number of carbonyl (C=O) groups excluding carboxylic acids is 2. The van der Waals surface area contributed by atoms with Crippen molar-refractivity contribution >= 4 is 11.9 Å². The first kappa shape index (κ1) is 28.6. The number of carbonyl (C=O) groups is 2. The highest BCUT2D eigenvalue weighted by atomic mass is 16.5. The van der Waals surface area contributed by atoms with Gasteiger partial charge in [-0.15, -0.1) is 0 Å². The van der Waals surface area contributed by atoms with Crippen molar-refractivity contribution < 1.29 is 19.1 Å². The maximum absolute atomic E-state index is 12.7. The highest BCUT2D eigenvalue weighted by molar-refractivity contribution is 5.89. The van der Waals surface area contributed by atoms with Crippen LogP contribution in [0.3, 0.4) is 0 Å². The van der Waals surface area contributed by atoms with E-state index < -0.39 is 0 Å². The molecular formula is C36H49NO4. The Balaban J connectivity index is 1.12. The molecule has 0 spiro atoms. The standard InChI is InChI=1S/C36H49NO4/c1-22(21-37-24(3)38)11-14-31-23(2)33-32(41-31)20-30-28-13-12-26-19-27(40-34(39)25-9-7-6-8-10-25)15-17-35(26,4)29(28)16-18-36(30,33)5/h6-10,12,22,27-30,32-33H,11,13-21H2,1-5H3,(H,37,38)/t22-,27-,28-,29+,30+,32-,33+,35+,36+/m1/s1. The van der Waals surface area contributed by atoms with Crippen molar-refractivity contribution in [2.45, 2.75) is 105 Å². The molecule has 3 fully saturated rings. The number of esters is 1. The van der Waals surface area contributed by atoms with Gasteiger partial charge in [0.25, 0.3) is 0 Å². The Morgan fingerprint density at radius 2 is 1.90 bits per heavy atom. The molecule has 4 aliphatic carbocycles. The minimum atomic E-state index is -0.190. The fraction of sp³-hybridized carbons (Fsp3) is 0.667. The molecule has 0 bridgehead atoms. The van der Waals surface area contributed by atoms with Crippen LogP contribution in [0.4, 0.5) is 0 Å². The van der Waals surface area contributed by atoms with Crippen LogP contribution in [0.5, 0.6) is 0 Å². The summed E-state index contributed by atoms with van der Waals surface area (Å²) >= 11 is 0. The van der Waals surface area contributed by atoms with Gasteiger partial charge in [-0.2, -0.15) is 0 Å². The van der Waals surface area contributed by atoms with Gasteiger partial charge in [-0.25, -0.2) is 4.79 Å². The molecule has 1 aliphatic heterocycles. The van der Waals surface area contributed by atoms with Gasteiger partial charge in [-0.1, -0.05) is 50.6 Å². The van der Waals surface area contributed by atoms with Crippen molar-refractivity contribution in [1.29, 1.82) is 0 Å². The smallest absolute Gasteiger partial charge is 0.338 e. The van der Waals surface area contributed by atoms with Gasteiger partial charge in [0.2, 0.25) is 5.91 Å². The molecule has 0 saturated heterocycles. The zero-order valence-corrected chi connectivity index (χ0v) is 25.7. The average Bonchev–Trinajstić information content (AvgIpc) is 3.44. The number of hydrogen-bond acceptors (Lipinski definition) is 4. The highest BCUT2D eigenvalue weighted by Crippen LogP contribution is 2.69. The third-order valence-corrected chi connectivity index (χ3v) is 12.1. The van der Waals surface area contributed by atoms with E-state index in [0.29, 0.717) is 46.7 Å². The molecule has 1 aromatic rings. The Kier molecular flexibility index (Phi) is 7.61. The summed E-state index contributed by atoms with van der Waals surface area (Å²) < 4.78 is 12.8. The lowest BCUT2D eigenvalue weighted by atomic mass is 9.47. The minimum Gasteiger partial charge on any atom is -0.494 e. The van der Waals surface area contributed by atoms with E-state index in [0.717, 1.165) is 45.1 Å². The van der Waals surface area contributed by atoms with E-state index in [1.807, 2.05) is 30.3 Å². The SMILES string of the molecule is CC(=O)NC[C@H](C)CCC1=C(C)[C@H]2[C@@H](C[C@H]3[C@@H]4CC=C5C[C@H](OC(=O)c6ccccc6)CC[C@]5(C)[C@H]4CC[C@@]32C)O1. The second kappa shape index (κ2) is 10.9. The Morgan fingerprint density at radius 3 is 2.66 bits per heavy atom. The van der Waals surface area contributed by atoms with Gasteiger partial charge in [-0.3, -0.25) is 4.79 Å². The van der Waals surface area contributed by atoms with Crippen molar-refractivity contribution in [1.82, 2.24) is 5.32 Å². The number of ether oxygens (including phenoxy) is 2. The van der Waals surface area contributed by atoms with E-state index in [1.165, 1.54) is 30.6 Å². The molecule has 6 rings (SSSR count). The Morgan fingerprint density at radius 1 is 1.12 bits per heavy atom. The molecule has 0 aromatic heterocycles. The lowest BCUT2D eigenvalue weighted by molar-refractivity contribution is -0.119. The molecule has 5 aliphatic rings. The molecule has 5 nitrogen and oxygen atoms in total. The normalized spacial score (nSPS) is 38.0. The fourth-order valence-corrected chi connectivity index (χ4v) is 9.90. The van der Waals surface area contributed by atoms with Crippen molar-refractivity contribution in [3.63, 3.8) is 0 Å². The van der Waals surface area contributed by atoms with E-state index in [9.17, 15) is 9.59 Å². The summed E-state index contributed by atoms with van der Waals surface area (Å²) in [5.74, 6) is 4.21. The maximum atomic E-state index is 12.7. The maximum Gasteiger partial charge on any atom is 0.338 e. The summed E-state index contributed by atoms with van der Waals surface area (Å²) in [6, 6.07) is 9.40. The summed E-state index contributed by atoms with van der Waals surface area (Å²) in [5, 5.41) is 2.96. The largest absolute Gasteiger partial charge is 0.494 e. The van der Waals surface area contributed by atoms with Crippen LogP contribution < -0.4 is 5.32 Å². The van der Waals surface area contributed by atoms with Gasteiger partial charge in [0.1, 0.15) is 12.2 Å². The quantitative estimate of drug-likeness (QED) is 0.276. The summed E-state index contributed by atoms with van der Waals surface area (Å²) in [5.41, 5.74) is 4.22. The number of hydrogen-bond donors (Lipinski definition) is 1. The van der Waals surface area contributed by atoms with Crippen LogP contribution in [0.15, 0.2) is 53.3 Å². The molecule has 1 amide bonds. The number of allylic oxidation sites excluding steroid dienone is 2. The number of nitrogens with one attached hydrogen (secondary N) is 1. The molecule has 1 aromatic carbocycles. The monoisotopic (exact) mass is 559 g/mol. The Hall–Kier alpha value is -2.56. The van der Waals surface area contributed by atoms with Crippen LogP contribution in [0.25, 0.3) is 0 Å². The molecule has 0 radical (unpaired) electrons. The third kappa shape index (κ3) is 5.06. The van der Waals surface area contributed by atoms with Crippen molar-refractivity contribution in [3.05, 3.63) is 58.9 Å². The minimum absolute atomic E-state index is 0.0150. The lowest BCUT2D eigenvalue weighted by Crippen LogP contribution is -2.50. The topological polar surface area (TPSA) is 64.6 Å². The van der Waals surface area contributed by atoms with Crippen LogP contribution in [-0.2, 0) is 14.3 Å². The van der Waals surface area contributed by atoms with Gasteiger partial charge in [0.15, 0.2) is 0 Å². The molecule has 9 atom stereocenters. The summed E-state index contributed by atoms with van der Waals surface area (Å²) in [7, 11) is 0. The molecule has 41 heavy (non-hydrogen) atoms. The second-order valence-corrected chi connectivity index (χ2v) is 14.5. The first-order valence-corrected chi connectivity index (χ1v) is 16.2. The van der Waals surface area contributed by atoms with Crippen molar-refractivity contribution in [2.24, 2.45) is 40.4 Å². The summed E-state index contributed by atoms with van der Waals surface area (Å²) in [6.07, 6.45) is 12.8. The van der Waals surface area contributed by atoms with E-state index in [2.05, 4.69) is 39.1 Å². The Bertz CT molecular complexity index is 1240. The molecule has 1 N–H and O–H groups in total. The number of benzene rings is 1. The van der Waals surface area contributed by atoms with Crippen LogP contribution in [-0.4, -0.2) is 30.6 Å². The van der Waals surface area contributed by atoms with Crippen LogP contribution in [0.1, 0.15) is 103 Å². The summed E-state index contributed by atoms with van der Waals surface area (Å²) in [4.78, 5) is 24.0. The molecule has 222 valence electrons. The molecule has 0 unspecified atom stereocenters. The summed E-state index contributed by atoms with van der Waals surface area (Å²) in [6.45, 7) is 12.0. The van der Waals surface area contributed by atoms with Crippen molar-refractivity contribution in [3.8, 4) is 0 Å². The van der Waals surface area contributed by atoms with E-state index in [1.54, 1.807) is 12.5 Å². The van der Waals surface area contributed by atoms with Crippen LogP contribution in [0.2, 0.25) is 0 Å². The zero-order chi connectivity index (χ0) is 28.9. The third-order valence-electron chi connectivity index (χ3n) is 12.1. The predicted molar refractivity (Wildman–Crippen MR) is 161 cm³/mol. The van der Waals surface area contributed by atoms with Gasteiger partial charge in [-0.05, 0) is 104 Å². The predicted octanol–water partition coefficient (Wildman–Crippen LogP) is 7.63. The van der Waals surface area contributed by atoms with E-state index >= 15 is 0 Å². The van der Waals surface area contributed by atoms with Crippen LogP contribution >= 0.6 is 0 Å². The first-order valence-electron chi connectivity index (χ1n) is 16.2. The zero-order valence-electron chi connectivity index (χ0n) is 25.7. The molecule has 1 heterocycles. The second-order valence-electron chi connectivity index (χ2n) is 14.5. The molecule has 3 saturated carbocycles. The molecular weight excluding hydrogens is 510 g/mol. The number of rotatable bonds is 7. The fourth-order valence-electron chi connectivity index (χ4n) is 9.90. The van der Waals surface area contributed by atoms with Gasteiger partial charge in [0.05, 0.1) is 11.3 Å². The highest BCUT2D eigenvalue weighted by Gasteiger charge is 2.63. The Labute approximate surface area is 246 Å². The average molecular weight is 560 g/mol. The van der Waals surface area contributed by atoms with Crippen LogP contribution in [0, 0.1) is 40.4 Å². The number of fused-ring (bicyclic) bond motifs is 7. The van der Waals surface area contributed by atoms with Gasteiger partial charge >= 0.3 is 5.97 Å². The van der Waals surface area contributed by atoms with E-state index in [-0.39, 0.29) is 23.4 Å². The first-order chi connectivity index (χ1) is 19.6. The van der Waals surface area contributed by atoms with Crippen molar-refractivity contribution in [2.75, 3.05) is 6.54 Å². The lowest BCUT2D eigenvalue weighted by Gasteiger charge is -2.58.